The third-order valence-electron chi connectivity index (χ3n) is 5.76. The van der Waals surface area contributed by atoms with Gasteiger partial charge in [0.2, 0.25) is 18.0 Å². The maximum absolute atomic E-state index is 13.6. The van der Waals surface area contributed by atoms with Gasteiger partial charge in [-0.2, -0.15) is 10.3 Å². The van der Waals surface area contributed by atoms with Crippen molar-refractivity contribution in [3.05, 3.63) is 101 Å². The number of hydrogen-bond donors (Lipinski definition) is 0. The van der Waals surface area contributed by atoms with Crippen molar-refractivity contribution in [3.63, 3.8) is 0 Å². The quantitative estimate of drug-likeness (QED) is 0.430. The number of benzene rings is 3. The highest BCUT2D eigenvalue weighted by molar-refractivity contribution is 7.90. The lowest BCUT2D eigenvalue weighted by molar-refractivity contribution is -0.135. The number of aromatic nitrogens is 1. The molecule has 0 saturated carbocycles. The maximum atomic E-state index is 13.6. The minimum absolute atomic E-state index is 0.118. The summed E-state index contributed by atoms with van der Waals surface area (Å²) in [5, 5.41) is 15.5. The van der Waals surface area contributed by atoms with Gasteiger partial charge in [-0.05, 0) is 49.4 Å². The van der Waals surface area contributed by atoms with Crippen LogP contribution in [0.4, 0.5) is 0 Å². The lowest BCUT2D eigenvalue weighted by Gasteiger charge is -2.18. The average molecular weight is 485 g/mol. The van der Waals surface area contributed by atoms with E-state index in [9.17, 15) is 18.5 Å². The summed E-state index contributed by atoms with van der Waals surface area (Å²) in [6.07, 6.45) is 0.430. The van der Waals surface area contributed by atoms with Crippen molar-refractivity contribution in [2.75, 3.05) is 0 Å². The molecule has 9 heteroatoms. The molecule has 0 bridgehead atoms. The van der Waals surface area contributed by atoms with E-state index in [4.69, 9.17) is 4.74 Å². The van der Waals surface area contributed by atoms with Gasteiger partial charge in [0.25, 0.3) is 10.0 Å². The summed E-state index contributed by atoms with van der Waals surface area (Å²) in [5.41, 5.74) is 2.72. The molecule has 0 fully saturated rings. The monoisotopic (exact) mass is 484 g/mol. The molecule has 35 heavy (non-hydrogen) atoms. The Morgan fingerprint density at radius 3 is 2.43 bits per heavy atom. The third kappa shape index (κ3) is 3.84. The first-order valence-corrected chi connectivity index (χ1v) is 12.2. The molecular formula is C26H20N4O4S. The number of ether oxygens (including phenoxy) is 1. The molecule has 0 spiro atoms. The zero-order valence-electron chi connectivity index (χ0n) is 18.9. The lowest BCUT2D eigenvalue weighted by Crippen LogP contribution is -2.25. The normalized spacial score (nSPS) is 15.5. The van der Waals surface area contributed by atoms with E-state index >= 15 is 0 Å². The number of fused-ring (bicyclic) bond motifs is 1. The van der Waals surface area contributed by atoms with Gasteiger partial charge in [0.05, 0.1) is 22.0 Å². The Balaban J connectivity index is 1.69. The number of carbonyl (C=O) groups is 1. The highest BCUT2D eigenvalue weighted by atomic mass is 32.2. The second-order valence-corrected chi connectivity index (χ2v) is 9.96. The van der Waals surface area contributed by atoms with E-state index in [-0.39, 0.29) is 16.7 Å². The van der Waals surface area contributed by atoms with Crippen LogP contribution >= 0.6 is 0 Å². The summed E-state index contributed by atoms with van der Waals surface area (Å²) in [5.74, 6) is -0.135. The first kappa shape index (κ1) is 22.4. The molecular weight excluding hydrogens is 464 g/mol. The minimum atomic E-state index is -3.98. The number of aryl methyl sites for hydroxylation is 1. The molecule has 1 aliphatic rings. The zero-order chi connectivity index (χ0) is 24.7. The standard InChI is InChI=1S/C26H20N4O4S/c1-17-8-11-21(12-9-17)35(32,33)29-16-23(22-14-19(15-27)10-13-24(22)29)26-30(18(2)31)28-25(34-26)20-6-4-3-5-7-20/h3-14,16,26H,1-2H3. The molecule has 0 N–H and O–H groups in total. The SMILES string of the molecule is CC(=O)N1N=C(c2ccccc2)OC1c1cn(S(=O)(=O)c2ccc(C)cc2)c2ccc(C#N)cc12. The van der Waals surface area contributed by atoms with Gasteiger partial charge in [-0.25, -0.2) is 12.4 Å². The summed E-state index contributed by atoms with van der Waals surface area (Å²) in [4.78, 5) is 12.6. The van der Waals surface area contributed by atoms with Crippen molar-refractivity contribution < 1.29 is 17.9 Å². The molecule has 2 heterocycles. The summed E-state index contributed by atoms with van der Waals surface area (Å²) < 4.78 is 34.4. The van der Waals surface area contributed by atoms with E-state index in [1.807, 2.05) is 25.1 Å². The summed E-state index contributed by atoms with van der Waals surface area (Å²) in [6, 6.07) is 22.5. The molecule has 0 aliphatic carbocycles. The average Bonchev–Trinajstić information content (AvgIpc) is 3.47. The first-order valence-electron chi connectivity index (χ1n) is 10.8. The van der Waals surface area contributed by atoms with Crippen molar-refractivity contribution >= 4 is 32.7 Å². The van der Waals surface area contributed by atoms with Gasteiger partial charge in [0, 0.05) is 29.6 Å². The van der Waals surface area contributed by atoms with Crippen LogP contribution in [0.3, 0.4) is 0 Å². The van der Waals surface area contributed by atoms with Gasteiger partial charge in [0.15, 0.2) is 0 Å². The fourth-order valence-electron chi connectivity index (χ4n) is 3.98. The van der Waals surface area contributed by atoms with Crippen LogP contribution < -0.4 is 0 Å². The highest BCUT2D eigenvalue weighted by Gasteiger charge is 2.36. The second kappa shape index (κ2) is 8.42. The van der Waals surface area contributed by atoms with E-state index < -0.39 is 16.3 Å². The molecule has 4 aromatic rings. The van der Waals surface area contributed by atoms with Gasteiger partial charge < -0.3 is 4.74 Å². The largest absolute Gasteiger partial charge is 0.446 e. The number of amides is 1. The van der Waals surface area contributed by atoms with Gasteiger partial charge in [-0.1, -0.05) is 35.9 Å². The zero-order valence-corrected chi connectivity index (χ0v) is 19.7. The number of nitrogens with zero attached hydrogens (tertiary/aromatic N) is 4. The first-order chi connectivity index (χ1) is 16.8. The van der Waals surface area contributed by atoms with Crippen LogP contribution in [0.15, 0.2) is 89.0 Å². The lowest BCUT2D eigenvalue weighted by atomic mass is 10.1. The van der Waals surface area contributed by atoms with Crippen LogP contribution in [-0.4, -0.2) is 29.2 Å². The van der Waals surface area contributed by atoms with Crippen molar-refractivity contribution in [2.45, 2.75) is 25.0 Å². The molecule has 1 atom stereocenters. The van der Waals surface area contributed by atoms with Crippen LogP contribution in [0.1, 0.15) is 35.4 Å². The predicted octanol–water partition coefficient (Wildman–Crippen LogP) is 4.30. The maximum Gasteiger partial charge on any atom is 0.268 e. The van der Waals surface area contributed by atoms with Crippen molar-refractivity contribution in [1.29, 1.82) is 5.26 Å². The topological polar surface area (TPSA) is 105 Å². The van der Waals surface area contributed by atoms with Crippen molar-refractivity contribution in [1.82, 2.24) is 8.98 Å². The van der Waals surface area contributed by atoms with E-state index in [1.54, 1.807) is 54.6 Å². The van der Waals surface area contributed by atoms with Crippen molar-refractivity contribution in [2.24, 2.45) is 5.10 Å². The van der Waals surface area contributed by atoms with Gasteiger partial charge >= 0.3 is 0 Å². The molecule has 3 aromatic carbocycles. The second-order valence-electron chi connectivity index (χ2n) is 8.15. The van der Waals surface area contributed by atoms with E-state index in [0.717, 1.165) is 9.54 Å². The minimum Gasteiger partial charge on any atom is -0.446 e. The number of hydrazone groups is 1. The molecule has 1 aliphatic heterocycles. The summed E-state index contributed by atoms with van der Waals surface area (Å²) in [6.45, 7) is 3.23. The smallest absolute Gasteiger partial charge is 0.268 e. The molecule has 174 valence electrons. The van der Waals surface area contributed by atoms with Crippen LogP contribution in [0.25, 0.3) is 10.9 Å². The van der Waals surface area contributed by atoms with Crippen LogP contribution in [-0.2, 0) is 19.6 Å². The van der Waals surface area contributed by atoms with Gasteiger partial charge in [-0.3, -0.25) is 4.79 Å². The van der Waals surface area contributed by atoms with E-state index in [0.29, 0.717) is 27.6 Å². The van der Waals surface area contributed by atoms with E-state index in [2.05, 4.69) is 11.2 Å². The van der Waals surface area contributed by atoms with E-state index in [1.165, 1.54) is 18.1 Å². The molecule has 5 rings (SSSR count). The molecule has 8 nitrogen and oxygen atoms in total. The highest BCUT2D eigenvalue weighted by Crippen LogP contribution is 2.37. The Kier molecular flexibility index (Phi) is 5.38. The Bertz CT molecular complexity index is 1630. The summed E-state index contributed by atoms with van der Waals surface area (Å²) in [7, 11) is -3.98. The molecule has 1 amide bonds. The molecule has 0 saturated heterocycles. The van der Waals surface area contributed by atoms with Gasteiger partial charge in [-0.15, -0.1) is 5.10 Å². The number of rotatable bonds is 4. The molecule has 1 aromatic heterocycles. The Morgan fingerprint density at radius 1 is 1.06 bits per heavy atom. The van der Waals surface area contributed by atoms with Gasteiger partial charge in [0.1, 0.15) is 0 Å². The van der Waals surface area contributed by atoms with Crippen molar-refractivity contribution in [3.8, 4) is 6.07 Å². The Labute approximate surface area is 202 Å². The predicted molar refractivity (Wildman–Crippen MR) is 130 cm³/mol. The Hall–Kier alpha value is -4.42. The fourth-order valence-corrected chi connectivity index (χ4v) is 5.36. The van der Waals surface area contributed by atoms with Crippen LogP contribution in [0.5, 0.6) is 0 Å². The third-order valence-corrected chi connectivity index (χ3v) is 7.45. The number of carbonyl (C=O) groups excluding carboxylic acids is 1. The number of nitriles is 1. The summed E-state index contributed by atoms with van der Waals surface area (Å²) >= 11 is 0. The number of hydrogen-bond acceptors (Lipinski definition) is 6. The molecule has 0 radical (unpaired) electrons. The Morgan fingerprint density at radius 2 is 1.77 bits per heavy atom. The fraction of sp³-hybridized carbons (Fsp3) is 0.115. The molecule has 1 unspecified atom stereocenters. The van der Waals surface area contributed by atoms with Crippen LogP contribution in [0.2, 0.25) is 0 Å². The van der Waals surface area contributed by atoms with Crippen LogP contribution in [0, 0.1) is 18.3 Å².